The molecule has 140 valence electrons. The summed E-state index contributed by atoms with van der Waals surface area (Å²) in [6.07, 6.45) is 0.437. The zero-order valence-electron chi connectivity index (χ0n) is 15.3. The third-order valence-corrected chi connectivity index (χ3v) is 5.48. The molecule has 0 aliphatic heterocycles. The van der Waals surface area contributed by atoms with Gasteiger partial charge in [0.25, 0.3) is 0 Å². The van der Waals surface area contributed by atoms with Gasteiger partial charge in [-0.15, -0.1) is 10.2 Å². The van der Waals surface area contributed by atoms with E-state index in [9.17, 15) is 4.79 Å². The normalized spacial score (nSPS) is 10.8. The summed E-state index contributed by atoms with van der Waals surface area (Å²) >= 11 is 7.85. The van der Waals surface area contributed by atoms with Crippen LogP contribution in [0.5, 0.6) is 0 Å². The van der Waals surface area contributed by atoms with Crippen molar-refractivity contribution in [3.8, 4) is 5.69 Å². The molecule has 1 heterocycles. The third kappa shape index (κ3) is 4.70. The number of aryl methyl sites for hydroxylation is 1. The number of thioether (sulfide) groups is 1. The van der Waals surface area contributed by atoms with E-state index in [1.54, 1.807) is 11.8 Å². The maximum Gasteiger partial charge on any atom is 0.220 e. The molecule has 0 aliphatic carbocycles. The summed E-state index contributed by atoms with van der Waals surface area (Å²) in [5, 5.41) is 13.1. The molecule has 1 amide bonds. The largest absolute Gasteiger partial charge is 0.349 e. The van der Waals surface area contributed by atoms with Crippen LogP contribution in [0, 0.1) is 6.92 Å². The van der Waals surface area contributed by atoms with Crippen LogP contribution in [-0.2, 0) is 17.1 Å². The molecule has 0 saturated carbocycles. The predicted molar refractivity (Wildman–Crippen MR) is 109 cm³/mol. The summed E-state index contributed by atoms with van der Waals surface area (Å²) in [6.45, 7) is 4.21. The monoisotopic (exact) mass is 400 g/mol. The molecule has 0 radical (unpaired) electrons. The van der Waals surface area contributed by atoms with Crippen molar-refractivity contribution in [2.75, 3.05) is 0 Å². The van der Waals surface area contributed by atoms with Crippen LogP contribution < -0.4 is 5.32 Å². The lowest BCUT2D eigenvalue weighted by atomic mass is 10.2. The lowest BCUT2D eigenvalue weighted by Crippen LogP contribution is -2.23. The van der Waals surface area contributed by atoms with E-state index in [1.165, 1.54) is 0 Å². The first-order valence-corrected chi connectivity index (χ1v) is 10.1. The molecule has 0 unspecified atom stereocenters. The van der Waals surface area contributed by atoms with Crippen molar-refractivity contribution in [2.45, 2.75) is 37.7 Å². The fourth-order valence-corrected chi connectivity index (χ4v) is 3.87. The van der Waals surface area contributed by atoms with E-state index in [0.717, 1.165) is 27.0 Å². The Kier molecular flexibility index (Phi) is 6.53. The fraction of sp³-hybridized carbons (Fsp3) is 0.250. The van der Waals surface area contributed by atoms with Crippen LogP contribution in [0.15, 0.2) is 53.7 Å². The second kappa shape index (κ2) is 9.06. The zero-order chi connectivity index (χ0) is 19.2. The van der Waals surface area contributed by atoms with Gasteiger partial charge in [0.2, 0.25) is 5.91 Å². The molecule has 0 spiro atoms. The van der Waals surface area contributed by atoms with Crippen LogP contribution >= 0.6 is 23.4 Å². The highest BCUT2D eigenvalue weighted by Crippen LogP contribution is 2.29. The first-order chi connectivity index (χ1) is 13.1. The number of nitrogens with zero attached hydrogens (tertiary/aromatic N) is 3. The van der Waals surface area contributed by atoms with E-state index < -0.39 is 0 Å². The van der Waals surface area contributed by atoms with E-state index in [2.05, 4.69) is 15.5 Å². The first kappa shape index (κ1) is 19.5. The van der Waals surface area contributed by atoms with Crippen molar-refractivity contribution in [3.05, 3.63) is 70.5 Å². The highest BCUT2D eigenvalue weighted by molar-refractivity contribution is 7.98. The van der Waals surface area contributed by atoms with Gasteiger partial charge in [0, 0.05) is 17.2 Å². The van der Waals surface area contributed by atoms with Crippen molar-refractivity contribution >= 4 is 29.3 Å². The summed E-state index contributed by atoms with van der Waals surface area (Å²) in [5.74, 6) is 1.37. The quantitative estimate of drug-likeness (QED) is 0.591. The topological polar surface area (TPSA) is 59.8 Å². The molecular weight excluding hydrogens is 380 g/mol. The Bertz CT molecular complexity index is 941. The van der Waals surface area contributed by atoms with E-state index >= 15 is 0 Å². The Morgan fingerprint density at radius 2 is 1.89 bits per heavy atom. The summed E-state index contributed by atoms with van der Waals surface area (Å²) in [5.41, 5.74) is 3.16. The molecule has 3 rings (SSSR count). The van der Waals surface area contributed by atoms with E-state index in [1.807, 2.05) is 66.9 Å². The minimum atomic E-state index is -0.0143. The molecule has 1 N–H and O–H groups in total. The number of rotatable bonds is 7. The predicted octanol–water partition coefficient (Wildman–Crippen LogP) is 4.55. The van der Waals surface area contributed by atoms with Crippen molar-refractivity contribution in [1.29, 1.82) is 0 Å². The fourth-order valence-electron chi connectivity index (χ4n) is 2.62. The van der Waals surface area contributed by atoms with E-state index in [-0.39, 0.29) is 5.91 Å². The maximum atomic E-state index is 11.7. The van der Waals surface area contributed by atoms with Crippen LogP contribution in [0.2, 0.25) is 5.02 Å². The van der Waals surface area contributed by atoms with Crippen molar-refractivity contribution in [3.63, 3.8) is 0 Å². The summed E-state index contributed by atoms with van der Waals surface area (Å²) in [4.78, 5) is 11.7. The number of halogens is 1. The second-order valence-electron chi connectivity index (χ2n) is 6.03. The van der Waals surface area contributed by atoms with Gasteiger partial charge in [0.05, 0.1) is 12.2 Å². The molecule has 0 aliphatic rings. The maximum absolute atomic E-state index is 11.7. The molecule has 7 heteroatoms. The Balaban J connectivity index is 1.91. The van der Waals surface area contributed by atoms with Crippen LogP contribution in [0.1, 0.15) is 30.3 Å². The number of benzene rings is 2. The van der Waals surface area contributed by atoms with Crippen molar-refractivity contribution in [1.82, 2.24) is 20.1 Å². The van der Waals surface area contributed by atoms with Gasteiger partial charge in [-0.1, -0.05) is 66.7 Å². The minimum Gasteiger partial charge on any atom is -0.349 e. The molecule has 27 heavy (non-hydrogen) atoms. The summed E-state index contributed by atoms with van der Waals surface area (Å²) in [6, 6.07) is 15.8. The number of hydrogen-bond donors (Lipinski definition) is 1. The first-order valence-electron chi connectivity index (χ1n) is 8.73. The molecule has 5 nitrogen and oxygen atoms in total. The minimum absolute atomic E-state index is 0.0143. The Hall–Kier alpha value is -2.31. The number of nitrogens with one attached hydrogen (secondary N) is 1. The summed E-state index contributed by atoms with van der Waals surface area (Å²) < 4.78 is 2.01. The molecular formula is C20H21ClN4OS. The van der Waals surface area contributed by atoms with Gasteiger partial charge in [0.15, 0.2) is 11.0 Å². The lowest BCUT2D eigenvalue weighted by Gasteiger charge is -2.13. The van der Waals surface area contributed by atoms with Gasteiger partial charge >= 0.3 is 0 Å². The van der Waals surface area contributed by atoms with E-state index in [0.29, 0.717) is 24.5 Å². The van der Waals surface area contributed by atoms with Crippen molar-refractivity contribution in [2.24, 2.45) is 0 Å². The zero-order valence-corrected chi connectivity index (χ0v) is 16.8. The number of carbonyl (C=O) groups excluding carboxylic acids is 1. The highest BCUT2D eigenvalue weighted by atomic mass is 35.5. The molecule has 0 saturated heterocycles. The lowest BCUT2D eigenvalue weighted by molar-refractivity contribution is -0.120. The molecule has 2 aromatic carbocycles. The number of hydrogen-bond acceptors (Lipinski definition) is 4. The van der Waals surface area contributed by atoms with Crippen LogP contribution in [0.4, 0.5) is 0 Å². The highest BCUT2D eigenvalue weighted by Gasteiger charge is 2.17. The van der Waals surface area contributed by atoms with Gasteiger partial charge < -0.3 is 5.32 Å². The number of carbonyl (C=O) groups is 1. The van der Waals surface area contributed by atoms with Crippen LogP contribution in [0.3, 0.4) is 0 Å². The molecule has 1 aromatic heterocycles. The average Bonchev–Trinajstić information content (AvgIpc) is 3.08. The van der Waals surface area contributed by atoms with E-state index in [4.69, 9.17) is 11.6 Å². The third-order valence-electron chi connectivity index (χ3n) is 4.14. The number of amides is 1. The average molecular weight is 401 g/mol. The van der Waals surface area contributed by atoms with Gasteiger partial charge in [-0.2, -0.15) is 0 Å². The SMILES string of the molecule is CCC(=O)NCc1nnc(SCc2ccccc2Cl)n1-c1ccccc1C. The molecule has 0 fully saturated rings. The standard InChI is InChI=1S/C20H21ClN4OS/c1-3-19(26)22-12-18-23-24-20(25(18)17-11-7-4-8-14(17)2)27-13-15-9-5-6-10-16(15)21/h4-11H,3,12-13H2,1-2H3,(H,22,26). The Morgan fingerprint density at radius 1 is 1.15 bits per heavy atom. The van der Waals surface area contributed by atoms with Gasteiger partial charge in [0.1, 0.15) is 0 Å². The van der Waals surface area contributed by atoms with Crippen LogP contribution in [-0.4, -0.2) is 20.7 Å². The second-order valence-corrected chi connectivity index (χ2v) is 7.38. The Morgan fingerprint density at radius 3 is 2.63 bits per heavy atom. The van der Waals surface area contributed by atoms with Gasteiger partial charge in [-0.3, -0.25) is 9.36 Å². The molecule has 0 atom stereocenters. The van der Waals surface area contributed by atoms with Crippen molar-refractivity contribution < 1.29 is 4.79 Å². The van der Waals surface area contributed by atoms with Gasteiger partial charge in [-0.25, -0.2) is 0 Å². The smallest absolute Gasteiger partial charge is 0.220 e. The van der Waals surface area contributed by atoms with Crippen LogP contribution in [0.25, 0.3) is 5.69 Å². The van der Waals surface area contributed by atoms with Gasteiger partial charge in [-0.05, 0) is 30.2 Å². The molecule has 0 bridgehead atoms. The Labute approximate surface area is 168 Å². The molecule has 3 aromatic rings. The number of aromatic nitrogens is 3. The number of para-hydroxylation sites is 1. The summed E-state index contributed by atoms with van der Waals surface area (Å²) in [7, 11) is 0.